The smallest absolute Gasteiger partial charge is 0.164 e. The van der Waals surface area contributed by atoms with Crippen LogP contribution in [-0.4, -0.2) is 35.1 Å². The van der Waals surface area contributed by atoms with E-state index in [0.29, 0.717) is 12.5 Å². The van der Waals surface area contributed by atoms with Crippen LogP contribution in [0.2, 0.25) is 0 Å². The number of carbonyl (C=O) groups is 1. The van der Waals surface area contributed by atoms with Crippen molar-refractivity contribution in [2.24, 2.45) is 0 Å². The van der Waals surface area contributed by atoms with Crippen LogP contribution >= 0.6 is 0 Å². The molecule has 0 amide bonds. The van der Waals surface area contributed by atoms with Gasteiger partial charge in [0, 0.05) is 36.5 Å². The first-order valence-electron chi connectivity index (χ1n) is 7.76. The van der Waals surface area contributed by atoms with Crippen LogP contribution in [0.25, 0.3) is 0 Å². The predicted octanol–water partition coefficient (Wildman–Crippen LogP) is 2.52. The number of Topliss-reactive ketones (excluding diaryl/α,β-unsaturated/α-hetero) is 1. The third-order valence-corrected chi connectivity index (χ3v) is 4.59. The van der Waals surface area contributed by atoms with Crippen LogP contribution in [0.15, 0.2) is 0 Å². The lowest BCUT2D eigenvalue weighted by molar-refractivity contribution is -0.0295. The molecule has 0 N–H and O–H groups in total. The summed E-state index contributed by atoms with van der Waals surface area (Å²) in [4.78, 5) is 14.6. The molecule has 0 aromatic carbocycles. The van der Waals surface area contributed by atoms with E-state index in [0.717, 1.165) is 57.5 Å². The van der Waals surface area contributed by atoms with E-state index in [-0.39, 0.29) is 0 Å². The number of rotatable bonds is 3. The molecular weight excluding hydrogens is 252 g/mol. The molecule has 0 atom stereocenters. The summed E-state index contributed by atoms with van der Waals surface area (Å²) in [5.41, 5.74) is 4.84. The van der Waals surface area contributed by atoms with Crippen molar-refractivity contribution >= 4 is 5.78 Å². The standard InChI is InChI=1S/C16H24N2O2/c1-3-13-12(2)18(10-17-8-5-9-20-11-17)14-6-4-7-15(19)16(13)14/h3-11H2,1-2H3. The second-order valence-electron chi connectivity index (χ2n) is 5.87. The zero-order chi connectivity index (χ0) is 14.1. The van der Waals surface area contributed by atoms with E-state index in [1.165, 1.54) is 17.0 Å². The van der Waals surface area contributed by atoms with Crippen LogP contribution in [-0.2, 0) is 24.2 Å². The normalized spacial score (nSPS) is 20.2. The number of hydrogen-bond acceptors (Lipinski definition) is 3. The molecule has 1 saturated heterocycles. The van der Waals surface area contributed by atoms with Gasteiger partial charge in [0.25, 0.3) is 0 Å². The average Bonchev–Trinajstić information content (AvgIpc) is 2.74. The van der Waals surface area contributed by atoms with Crippen molar-refractivity contribution in [3.8, 4) is 0 Å². The molecule has 0 radical (unpaired) electrons. The molecule has 1 aromatic heterocycles. The first-order chi connectivity index (χ1) is 9.72. The summed E-state index contributed by atoms with van der Waals surface area (Å²) in [6.07, 6.45) is 4.80. The molecule has 4 nitrogen and oxygen atoms in total. The van der Waals surface area contributed by atoms with Gasteiger partial charge >= 0.3 is 0 Å². The number of carbonyl (C=O) groups excluding carboxylic acids is 1. The maximum absolute atomic E-state index is 12.3. The van der Waals surface area contributed by atoms with Gasteiger partial charge in [-0.1, -0.05) is 6.92 Å². The highest BCUT2D eigenvalue weighted by Crippen LogP contribution is 2.30. The molecule has 0 spiro atoms. The SMILES string of the molecule is CCc1c2c(n(CN3CCCOC3)c1C)CCCC2=O. The monoisotopic (exact) mass is 276 g/mol. The number of hydrogen-bond donors (Lipinski definition) is 0. The van der Waals surface area contributed by atoms with Gasteiger partial charge in [-0.05, 0) is 38.2 Å². The Hall–Kier alpha value is -1.13. The summed E-state index contributed by atoms with van der Waals surface area (Å²) in [5.74, 6) is 0.347. The van der Waals surface area contributed by atoms with E-state index in [4.69, 9.17) is 4.74 Å². The van der Waals surface area contributed by atoms with Crippen LogP contribution in [0.5, 0.6) is 0 Å². The zero-order valence-electron chi connectivity index (χ0n) is 12.6. The number of ether oxygens (including phenoxy) is 1. The van der Waals surface area contributed by atoms with Gasteiger partial charge in [-0.15, -0.1) is 0 Å². The van der Waals surface area contributed by atoms with Crippen LogP contribution in [0.3, 0.4) is 0 Å². The quantitative estimate of drug-likeness (QED) is 0.851. The highest BCUT2D eigenvalue weighted by atomic mass is 16.5. The molecule has 1 aliphatic carbocycles. The molecule has 2 aliphatic rings. The van der Waals surface area contributed by atoms with Gasteiger partial charge in [0.05, 0.1) is 6.67 Å². The Morgan fingerprint density at radius 3 is 2.80 bits per heavy atom. The van der Waals surface area contributed by atoms with Crippen molar-refractivity contribution in [1.29, 1.82) is 0 Å². The fourth-order valence-electron chi connectivity index (χ4n) is 3.57. The lowest BCUT2D eigenvalue weighted by atomic mass is 9.92. The topological polar surface area (TPSA) is 34.5 Å². The molecule has 2 heterocycles. The fraction of sp³-hybridized carbons (Fsp3) is 0.688. The molecule has 20 heavy (non-hydrogen) atoms. The average molecular weight is 276 g/mol. The number of ketones is 1. The van der Waals surface area contributed by atoms with Gasteiger partial charge in [0.2, 0.25) is 0 Å². The third-order valence-electron chi connectivity index (χ3n) is 4.59. The third kappa shape index (κ3) is 2.31. The summed E-state index contributed by atoms with van der Waals surface area (Å²) in [6, 6.07) is 0. The molecule has 4 heteroatoms. The summed E-state index contributed by atoms with van der Waals surface area (Å²) in [5, 5.41) is 0. The van der Waals surface area contributed by atoms with E-state index < -0.39 is 0 Å². The minimum Gasteiger partial charge on any atom is -0.366 e. The Morgan fingerprint density at radius 1 is 1.25 bits per heavy atom. The Morgan fingerprint density at radius 2 is 2.10 bits per heavy atom. The molecule has 1 fully saturated rings. The number of fused-ring (bicyclic) bond motifs is 1. The Bertz CT molecular complexity index is 513. The van der Waals surface area contributed by atoms with Crippen molar-refractivity contribution < 1.29 is 9.53 Å². The summed E-state index contributed by atoms with van der Waals surface area (Å²) in [7, 11) is 0. The first-order valence-corrected chi connectivity index (χ1v) is 7.76. The molecule has 0 bridgehead atoms. The minimum atomic E-state index is 0.347. The van der Waals surface area contributed by atoms with Gasteiger partial charge in [-0.2, -0.15) is 0 Å². The van der Waals surface area contributed by atoms with Crippen LogP contribution in [0.1, 0.15) is 53.5 Å². The van der Waals surface area contributed by atoms with E-state index in [1.807, 2.05) is 0 Å². The minimum absolute atomic E-state index is 0.347. The molecular formula is C16H24N2O2. The second-order valence-corrected chi connectivity index (χ2v) is 5.87. The van der Waals surface area contributed by atoms with Crippen LogP contribution < -0.4 is 0 Å². The highest BCUT2D eigenvalue weighted by Gasteiger charge is 2.27. The molecule has 0 saturated carbocycles. The number of aromatic nitrogens is 1. The van der Waals surface area contributed by atoms with Crippen LogP contribution in [0.4, 0.5) is 0 Å². The van der Waals surface area contributed by atoms with Gasteiger partial charge in [0.15, 0.2) is 5.78 Å². The first kappa shape index (κ1) is 13.8. The summed E-state index contributed by atoms with van der Waals surface area (Å²) in [6.45, 7) is 7.84. The molecule has 1 aliphatic heterocycles. The molecule has 0 unspecified atom stereocenters. The maximum atomic E-state index is 12.3. The van der Waals surface area contributed by atoms with Crippen molar-refractivity contribution in [1.82, 2.24) is 9.47 Å². The van der Waals surface area contributed by atoms with E-state index in [9.17, 15) is 4.79 Å². The largest absolute Gasteiger partial charge is 0.366 e. The molecule has 110 valence electrons. The van der Waals surface area contributed by atoms with Crippen molar-refractivity contribution in [2.75, 3.05) is 19.9 Å². The van der Waals surface area contributed by atoms with E-state index in [1.54, 1.807) is 0 Å². The number of nitrogens with zero attached hydrogens (tertiary/aromatic N) is 2. The van der Waals surface area contributed by atoms with Gasteiger partial charge < -0.3 is 9.30 Å². The lowest BCUT2D eigenvalue weighted by Gasteiger charge is -2.28. The fourth-order valence-corrected chi connectivity index (χ4v) is 3.57. The van der Waals surface area contributed by atoms with E-state index in [2.05, 4.69) is 23.3 Å². The van der Waals surface area contributed by atoms with Crippen molar-refractivity contribution in [3.63, 3.8) is 0 Å². The zero-order valence-corrected chi connectivity index (χ0v) is 12.6. The van der Waals surface area contributed by atoms with Crippen molar-refractivity contribution in [3.05, 3.63) is 22.5 Å². The van der Waals surface area contributed by atoms with Crippen LogP contribution in [0, 0.1) is 6.92 Å². The van der Waals surface area contributed by atoms with Gasteiger partial charge in [0.1, 0.15) is 6.73 Å². The summed E-state index contributed by atoms with van der Waals surface area (Å²) >= 11 is 0. The highest BCUT2D eigenvalue weighted by molar-refractivity contribution is 6.00. The summed E-state index contributed by atoms with van der Waals surface area (Å²) < 4.78 is 7.90. The Balaban J connectivity index is 1.95. The van der Waals surface area contributed by atoms with E-state index >= 15 is 0 Å². The molecule has 1 aromatic rings. The van der Waals surface area contributed by atoms with Crippen molar-refractivity contribution in [2.45, 2.75) is 52.6 Å². The van der Waals surface area contributed by atoms with Gasteiger partial charge in [-0.25, -0.2) is 0 Å². The lowest BCUT2D eigenvalue weighted by Crippen LogP contribution is -2.35. The van der Waals surface area contributed by atoms with Gasteiger partial charge in [-0.3, -0.25) is 9.69 Å². The Kier molecular flexibility index (Phi) is 3.94. The molecule has 3 rings (SSSR count). The predicted molar refractivity (Wildman–Crippen MR) is 78.0 cm³/mol. The Labute approximate surface area is 120 Å². The maximum Gasteiger partial charge on any atom is 0.164 e. The second kappa shape index (κ2) is 5.70.